The van der Waals surface area contributed by atoms with Crippen molar-refractivity contribution in [2.45, 2.75) is 19.4 Å². The molecule has 2 aromatic rings. The zero-order valence-corrected chi connectivity index (χ0v) is 17.0. The van der Waals surface area contributed by atoms with Crippen LogP contribution in [-0.4, -0.2) is 34.1 Å². The minimum atomic E-state index is -0.897. The smallest absolute Gasteiger partial charge is 0.162 e. The first-order valence-electron chi connectivity index (χ1n) is 8.84. The number of amidine groups is 1. The Morgan fingerprint density at radius 2 is 2.07 bits per heavy atom. The van der Waals surface area contributed by atoms with Crippen LogP contribution >= 0.6 is 11.6 Å². The Morgan fingerprint density at radius 3 is 2.77 bits per heavy atom. The third kappa shape index (κ3) is 4.19. The Kier molecular flexibility index (Phi) is 6.18. The molecule has 3 rings (SSSR count). The molecule has 0 radical (unpaired) electrons. The number of hydrazine groups is 1. The molecule has 8 nitrogen and oxygen atoms in total. The molecule has 0 spiro atoms. The van der Waals surface area contributed by atoms with Crippen LogP contribution in [-0.2, 0) is 0 Å². The van der Waals surface area contributed by atoms with Crippen molar-refractivity contribution in [3.63, 3.8) is 0 Å². The molecule has 1 aliphatic rings. The summed E-state index contributed by atoms with van der Waals surface area (Å²) in [6.07, 6.45) is 3.39. The first kappa shape index (κ1) is 21.5. The molecule has 0 amide bonds. The van der Waals surface area contributed by atoms with E-state index in [1.54, 1.807) is 19.1 Å². The van der Waals surface area contributed by atoms with Gasteiger partial charge in [-0.3, -0.25) is 0 Å². The number of nitrogens with two attached hydrogens (primary N) is 3. The number of halogens is 3. The second kappa shape index (κ2) is 8.64. The van der Waals surface area contributed by atoms with Crippen LogP contribution in [0.5, 0.6) is 5.75 Å². The molecule has 1 aromatic carbocycles. The molecule has 0 saturated heterocycles. The molecule has 1 atom stereocenters. The van der Waals surface area contributed by atoms with Crippen LogP contribution in [0.3, 0.4) is 0 Å². The summed E-state index contributed by atoms with van der Waals surface area (Å²) in [5, 5.41) is 4.72. The van der Waals surface area contributed by atoms with Crippen molar-refractivity contribution in [3.8, 4) is 5.75 Å². The molecule has 1 aromatic heterocycles. The highest BCUT2D eigenvalue weighted by molar-refractivity contribution is 6.32. The van der Waals surface area contributed by atoms with Crippen LogP contribution in [0.15, 0.2) is 52.4 Å². The van der Waals surface area contributed by atoms with E-state index in [1.165, 1.54) is 25.5 Å². The number of aromatic nitrogens is 2. The quantitative estimate of drug-likeness (QED) is 0.285. The molecule has 158 valence electrons. The molecular formula is C19H20ClF2N7O. The number of rotatable bonds is 5. The maximum absolute atomic E-state index is 14.8. The lowest BCUT2D eigenvalue weighted by Crippen LogP contribution is -2.35. The SMILES string of the molecule is CC(Oc1ccc(C2=C(F)C(Cl)=C(F)CC=C2)c2ncnc(N)c12)/C(N)=N/N(C)N. The highest BCUT2D eigenvalue weighted by atomic mass is 35.5. The van der Waals surface area contributed by atoms with Gasteiger partial charge in [0, 0.05) is 24.6 Å². The van der Waals surface area contributed by atoms with Gasteiger partial charge in [0.25, 0.3) is 0 Å². The molecule has 1 aliphatic carbocycles. The number of ether oxygens (including phenoxy) is 1. The summed E-state index contributed by atoms with van der Waals surface area (Å²) in [7, 11) is 1.51. The Balaban J connectivity index is 2.16. The highest BCUT2D eigenvalue weighted by Gasteiger charge is 2.22. The van der Waals surface area contributed by atoms with Gasteiger partial charge < -0.3 is 16.2 Å². The molecule has 0 bridgehead atoms. The summed E-state index contributed by atoms with van der Waals surface area (Å²) in [6.45, 7) is 1.67. The van der Waals surface area contributed by atoms with Crippen LogP contribution in [0.25, 0.3) is 16.5 Å². The molecule has 0 saturated carbocycles. The van der Waals surface area contributed by atoms with E-state index in [4.69, 9.17) is 33.6 Å². The summed E-state index contributed by atoms with van der Waals surface area (Å²) in [6, 6.07) is 3.15. The van der Waals surface area contributed by atoms with Crippen molar-refractivity contribution in [1.29, 1.82) is 0 Å². The number of fused-ring (bicyclic) bond motifs is 1. The number of hydrogen-bond donors (Lipinski definition) is 3. The lowest BCUT2D eigenvalue weighted by atomic mass is 10.0. The number of benzene rings is 1. The number of allylic oxidation sites excluding steroid dienone is 6. The summed E-state index contributed by atoms with van der Waals surface area (Å²) >= 11 is 5.83. The van der Waals surface area contributed by atoms with Gasteiger partial charge in [-0.15, -0.1) is 5.10 Å². The first-order valence-corrected chi connectivity index (χ1v) is 9.22. The van der Waals surface area contributed by atoms with E-state index in [0.717, 1.165) is 5.12 Å². The number of nitrogens with zero attached hydrogens (tertiary/aromatic N) is 4. The summed E-state index contributed by atoms with van der Waals surface area (Å²) in [4.78, 5) is 8.23. The maximum Gasteiger partial charge on any atom is 0.162 e. The van der Waals surface area contributed by atoms with Crippen LogP contribution in [0.1, 0.15) is 18.9 Å². The van der Waals surface area contributed by atoms with Crippen molar-refractivity contribution in [1.82, 2.24) is 15.1 Å². The average Bonchev–Trinajstić information content (AvgIpc) is 2.81. The predicted molar refractivity (Wildman–Crippen MR) is 113 cm³/mol. The van der Waals surface area contributed by atoms with Gasteiger partial charge in [0.15, 0.2) is 17.8 Å². The fourth-order valence-corrected chi connectivity index (χ4v) is 3.06. The standard InChI is InChI=1S/C19H20ClF2N7O/c1-9(18(23)28-29(2)25)30-13-7-6-11(17-14(13)19(24)27-8-26-17)10-4-3-5-12(21)15(20)16(10)22/h3-4,6-9H,5,25H2,1-2H3,(H2,23,28)(H2,24,26,27). The normalized spacial score (nSPS) is 16.1. The van der Waals surface area contributed by atoms with Crippen LogP contribution < -0.4 is 22.0 Å². The van der Waals surface area contributed by atoms with Gasteiger partial charge in [0.05, 0.1) is 10.9 Å². The largest absolute Gasteiger partial charge is 0.482 e. The average molecular weight is 436 g/mol. The van der Waals surface area contributed by atoms with Crippen LogP contribution in [0.2, 0.25) is 0 Å². The Labute approximate surface area is 176 Å². The van der Waals surface area contributed by atoms with E-state index in [2.05, 4.69) is 15.1 Å². The Bertz CT molecular complexity index is 1110. The molecule has 6 N–H and O–H groups in total. The number of anilines is 1. The molecular weight excluding hydrogens is 416 g/mol. The van der Waals surface area contributed by atoms with Gasteiger partial charge >= 0.3 is 0 Å². The lowest BCUT2D eigenvalue weighted by Gasteiger charge is -2.18. The third-order valence-electron chi connectivity index (χ3n) is 4.31. The minimum Gasteiger partial charge on any atom is -0.482 e. The second-order valence-corrected chi connectivity index (χ2v) is 6.88. The first-order chi connectivity index (χ1) is 14.2. The third-order valence-corrected chi connectivity index (χ3v) is 4.68. The van der Waals surface area contributed by atoms with E-state index in [-0.39, 0.29) is 23.6 Å². The Hall–Kier alpha value is -3.24. The zero-order valence-electron chi connectivity index (χ0n) is 16.2. The van der Waals surface area contributed by atoms with Gasteiger partial charge in [0.2, 0.25) is 0 Å². The monoisotopic (exact) mass is 435 g/mol. The summed E-state index contributed by atoms with van der Waals surface area (Å²) < 4.78 is 34.6. The lowest BCUT2D eigenvalue weighted by molar-refractivity contribution is 0.280. The van der Waals surface area contributed by atoms with E-state index >= 15 is 0 Å². The van der Waals surface area contributed by atoms with Crippen molar-refractivity contribution in [2.75, 3.05) is 12.8 Å². The van der Waals surface area contributed by atoms with Gasteiger partial charge in [-0.1, -0.05) is 23.8 Å². The van der Waals surface area contributed by atoms with Crippen molar-refractivity contribution in [3.05, 3.63) is 52.9 Å². The molecule has 11 heteroatoms. The molecule has 0 fully saturated rings. The van der Waals surface area contributed by atoms with Gasteiger partial charge in [-0.05, 0) is 19.1 Å². The molecule has 1 unspecified atom stereocenters. The molecule has 1 heterocycles. The second-order valence-electron chi connectivity index (χ2n) is 6.51. The topological polar surface area (TPSA) is 129 Å². The van der Waals surface area contributed by atoms with Crippen molar-refractivity contribution >= 4 is 39.7 Å². The van der Waals surface area contributed by atoms with Crippen molar-refractivity contribution < 1.29 is 13.5 Å². The molecule has 30 heavy (non-hydrogen) atoms. The minimum absolute atomic E-state index is 0.0705. The zero-order chi connectivity index (χ0) is 22.0. The fourth-order valence-electron chi connectivity index (χ4n) is 2.89. The fraction of sp³-hybridized carbons (Fsp3) is 0.211. The summed E-state index contributed by atoms with van der Waals surface area (Å²) in [5.74, 6) is 4.36. The number of hydrazone groups is 1. The van der Waals surface area contributed by atoms with Gasteiger partial charge in [0.1, 0.15) is 28.8 Å². The molecule has 0 aliphatic heterocycles. The van der Waals surface area contributed by atoms with Gasteiger partial charge in [-0.25, -0.2) is 29.7 Å². The van der Waals surface area contributed by atoms with Crippen LogP contribution in [0.4, 0.5) is 14.6 Å². The number of nitrogen functional groups attached to an aromatic ring is 1. The highest BCUT2D eigenvalue weighted by Crippen LogP contribution is 2.39. The number of hydrogen-bond acceptors (Lipinski definition) is 7. The maximum atomic E-state index is 14.8. The van der Waals surface area contributed by atoms with E-state index in [1.807, 2.05) is 0 Å². The van der Waals surface area contributed by atoms with E-state index < -0.39 is 22.8 Å². The predicted octanol–water partition coefficient (Wildman–Crippen LogP) is 3.12. The van der Waals surface area contributed by atoms with E-state index in [0.29, 0.717) is 22.2 Å². The van der Waals surface area contributed by atoms with Gasteiger partial charge in [-0.2, -0.15) is 0 Å². The van der Waals surface area contributed by atoms with Crippen molar-refractivity contribution in [2.24, 2.45) is 16.7 Å². The summed E-state index contributed by atoms with van der Waals surface area (Å²) in [5.41, 5.74) is 12.7. The Morgan fingerprint density at radius 1 is 1.33 bits per heavy atom. The van der Waals surface area contributed by atoms with E-state index in [9.17, 15) is 8.78 Å². The van der Waals surface area contributed by atoms with Crippen LogP contribution in [0, 0.1) is 0 Å².